The molecule has 0 radical (unpaired) electrons. The van der Waals surface area contributed by atoms with Crippen molar-refractivity contribution < 1.29 is 24.2 Å². The van der Waals surface area contributed by atoms with Crippen molar-refractivity contribution >= 4 is 27.9 Å². The number of carbonyl (C=O) groups is 2. The van der Waals surface area contributed by atoms with E-state index in [-0.39, 0.29) is 12.0 Å². The van der Waals surface area contributed by atoms with Crippen LogP contribution >= 0.6 is 15.9 Å². The molecule has 0 heterocycles. The summed E-state index contributed by atoms with van der Waals surface area (Å²) < 4.78 is 14.2. The number of allylic oxidation sites excluding steroid dienone is 2. The molecule has 0 amide bonds. The van der Waals surface area contributed by atoms with E-state index in [2.05, 4.69) is 15.9 Å². The fraction of sp³-hybridized carbons (Fsp3) is 0.294. The Bertz CT molecular complexity index is 723. The minimum absolute atomic E-state index is 0.0314. The van der Waals surface area contributed by atoms with E-state index in [0.29, 0.717) is 28.5 Å². The number of carboxylic acid groups (broad SMARTS) is 2. The molecular formula is C17H16BrFO4. The Morgan fingerprint density at radius 3 is 2.61 bits per heavy atom. The standard InChI is InChI=1S/C17H16BrFO4/c1-10-5-7-17(16(22)23,9-12(10)15(20)21)13-3-2-4-14(19)11(13)6-8-18/h2-5,7H,6,8-9H2,1H3,(H,20,21)(H,22,23). The van der Waals surface area contributed by atoms with Crippen LogP contribution in [0.4, 0.5) is 4.39 Å². The first-order valence-electron chi connectivity index (χ1n) is 7.03. The lowest BCUT2D eigenvalue weighted by Crippen LogP contribution is -2.38. The Hall–Kier alpha value is -1.95. The molecule has 0 aromatic heterocycles. The molecule has 0 spiro atoms. The number of halogens is 2. The fourth-order valence-corrected chi connectivity index (χ4v) is 3.26. The number of benzene rings is 1. The second-order valence-electron chi connectivity index (χ2n) is 5.46. The van der Waals surface area contributed by atoms with E-state index >= 15 is 0 Å². The summed E-state index contributed by atoms with van der Waals surface area (Å²) in [5.74, 6) is -2.84. The van der Waals surface area contributed by atoms with Gasteiger partial charge < -0.3 is 10.2 Å². The van der Waals surface area contributed by atoms with Gasteiger partial charge in [0.1, 0.15) is 11.2 Å². The first-order valence-corrected chi connectivity index (χ1v) is 8.15. The summed E-state index contributed by atoms with van der Waals surface area (Å²) in [5, 5.41) is 19.6. The highest BCUT2D eigenvalue weighted by Gasteiger charge is 2.43. The third-order valence-corrected chi connectivity index (χ3v) is 4.53. The summed E-state index contributed by atoms with van der Waals surface area (Å²) in [6, 6.07) is 4.29. The summed E-state index contributed by atoms with van der Waals surface area (Å²) >= 11 is 3.24. The van der Waals surface area contributed by atoms with Gasteiger partial charge >= 0.3 is 11.9 Å². The van der Waals surface area contributed by atoms with Gasteiger partial charge in [0.2, 0.25) is 0 Å². The average molecular weight is 383 g/mol. The van der Waals surface area contributed by atoms with Crippen LogP contribution in [0.2, 0.25) is 0 Å². The average Bonchev–Trinajstić information content (AvgIpc) is 2.50. The van der Waals surface area contributed by atoms with Crippen molar-refractivity contribution in [2.45, 2.75) is 25.2 Å². The van der Waals surface area contributed by atoms with Crippen molar-refractivity contribution in [2.24, 2.45) is 0 Å². The molecule has 2 N–H and O–H groups in total. The zero-order chi connectivity index (χ0) is 17.2. The normalized spacial score (nSPS) is 20.7. The molecule has 0 fully saturated rings. The highest BCUT2D eigenvalue weighted by atomic mass is 79.9. The molecule has 122 valence electrons. The van der Waals surface area contributed by atoms with Gasteiger partial charge in [-0.05, 0) is 36.1 Å². The number of carboxylic acids is 2. The Balaban J connectivity index is 2.67. The smallest absolute Gasteiger partial charge is 0.331 e. The van der Waals surface area contributed by atoms with Gasteiger partial charge in [0, 0.05) is 17.3 Å². The predicted molar refractivity (Wildman–Crippen MR) is 87.3 cm³/mol. The zero-order valence-corrected chi connectivity index (χ0v) is 14.1. The maximum absolute atomic E-state index is 14.2. The van der Waals surface area contributed by atoms with Crippen molar-refractivity contribution in [3.8, 4) is 0 Å². The topological polar surface area (TPSA) is 74.6 Å². The molecule has 1 aliphatic rings. The summed E-state index contributed by atoms with van der Waals surface area (Å²) in [7, 11) is 0. The molecule has 1 aromatic rings. The summed E-state index contributed by atoms with van der Waals surface area (Å²) in [5.41, 5.74) is -0.447. The Labute approximate surface area is 141 Å². The third-order valence-electron chi connectivity index (χ3n) is 4.13. The second kappa shape index (κ2) is 6.66. The Kier molecular flexibility index (Phi) is 5.04. The molecule has 1 atom stereocenters. The van der Waals surface area contributed by atoms with Crippen LogP contribution in [-0.2, 0) is 21.4 Å². The number of hydrogen-bond donors (Lipinski definition) is 2. The number of hydrogen-bond acceptors (Lipinski definition) is 2. The molecule has 1 aliphatic carbocycles. The van der Waals surface area contributed by atoms with Crippen LogP contribution in [0.15, 0.2) is 41.5 Å². The molecular weight excluding hydrogens is 367 g/mol. The van der Waals surface area contributed by atoms with Gasteiger partial charge in [-0.25, -0.2) is 9.18 Å². The zero-order valence-electron chi connectivity index (χ0n) is 12.5. The van der Waals surface area contributed by atoms with Crippen LogP contribution in [0.25, 0.3) is 0 Å². The van der Waals surface area contributed by atoms with E-state index in [1.165, 1.54) is 24.3 Å². The predicted octanol–water partition coefficient (Wildman–Crippen LogP) is 3.45. The van der Waals surface area contributed by atoms with Crippen molar-refractivity contribution in [2.75, 3.05) is 5.33 Å². The van der Waals surface area contributed by atoms with E-state index in [9.17, 15) is 24.2 Å². The molecule has 0 bridgehead atoms. The molecule has 6 heteroatoms. The van der Waals surface area contributed by atoms with Crippen molar-refractivity contribution in [3.63, 3.8) is 0 Å². The summed E-state index contributed by atoms with van der Waals surface area (Å²) in [6.07, 6.45) is 3.06. The van der Waals surface area contributed by atoms with Gasteiger partial charge in [-0.1, -0.05) is 40.2 Å². The van der Waals surface area contributed by atoms with Crippen LogP contribution in [0.1, 0.15) is 24.5 Å². The molecule has 2 rings (SSSR count). The quantitative estimate of drug-likeness (QED) is 0.764. The number of alkyl halides is 1. The van der Waals surface area contributed by atoms with Crippen LogP contribution in [0, 0.1) is 5.82 Å². The van der Waals surface area contributed by atoms with E-state index in [1.54, 1.807) is 13.0 Å². The molecule has 23 heavy (non-hydrogen) atoms. The third kappa shape index (κ3) is 3.08. The Morgan fingerprint density at radius 2 is 2.04 bits per heavy atom. The maximum atomic E-state index is 14.2. The lowest BCUT2D eigenvalue weighted by Gasteiger charge is -2.32. The summed E-state index contributed by atoms with van der Waals surface area (Å²) in [6.45, 7) is 1.62. The van der Waals surface area contributed by atoms with Crippen molar-refractivity contribution in [3.05, 3.63) is 58.4 Å². The first kappa shape index (κ1) is 17.4. The summed E-state index contributed by atoms with van der Waals surface area (Å²) in [4.78, 5) is 23.4. The SMILES string of the molecule is CC1=C(C(=O)O)CC(C(=O)O)(c2cccc(F)c2CCBr)C=C1. The van der Waals surface area contributed by atoms with Crippen LogP contribution < -0.4 is 0 Å². The monoisotopic (exact) mass is 382 g/mol. The Morgan fingerprint density at radius 1 is 1.35 bits per heavy atom. The van der Waals surface area contributed by atoms with Crippen molar-refractivity contribution in [1.29, 1.82) is 0 Å². The lowest BCUT2D eigenvalue weighted by atomic mass is 9.70. The van der Waals surface area contributed by atoms with Gasteiger partial charge in [0.05, 0.1) is 0 Å². The molecule has 0 saturated carbocycles. The van der Waals surface area contributed by atoms with Crippen molar-refractivity contribution in [1.82, 2.24) is 0 Å². The van der Waals surface area contributed by atoms with E-state index in [0.717, 1.165) is 0 Å². The molecule has 0 aliphatic heterocycles. The minimum atomic E-state index is -1.58. The number of rotatable bonds is 5. The van der Waals surface area contributed by atoms with Crippen LogP contribution in [0.5, 0.6) is 0 Å². The minimum Gasteiger partial charge on any atom is -0.480 e. The van der Waals surface area contributed by atoms with E-state index < -0.39 is 23.2 Å². The molecule has 0 saturated heterocycles. The fourth-order valence-electron chi connectivity index (χ4n) is 2.86. The van der Waals surface area contributed by atoms with Gasteiger partial charge in [-0.15, -0.1) is 0 Å². The molecule has 1 unspecified atom stereocenters. The maximum Gasteiger partial charge on any atom is 0.331 e. The highest BCUT2D eigenvalue weighted by molar-refractivity contribution is 9.09. The van der Waals surface area contributed by atoms with E-state index in [4.69, 9.17) is 0 Å². The van der Waals surface area contributed by atoms with E-state index in [1.807, 2.05) is 0 Å². The first-order chi connectivity index (χ1) is 10.8. The largest absolute Gasteiger partial charge is 0.480 e. The number of aliphatic carboxylic acids is 2. The lowest BCUT2D eigenvalue weighted by molar-refractivity contribution is -0.142. The van der Waals surface area contributed by atoms with Gasteiger partial charge in [-0.3, -0.25) is 4.79 Å². The molecule has 4 nitrogen and oxygen atoms in total. The van der Waals surface area contributed by atoms with Gasteiger partial charge in [-0.2, -0.15) is 0 Å². The highest BCUT2D eigenvalue weighted by Crippen LogP contribution is 2.40. The van der Waals surface area contributed by atoms with Gasteiger partial charge in [0.15, 0.2) is 0 Å². The second-order valence-corrected chi connectivity index (χ2v) is 6.25. The van der Waals surface area contributed by atoms with Gasteiger partial charge in [0.25, 0.3) is 0 Å². The molecule has 1 aromatic carbocycles. The van der Waals surface area contributed by atoms with Crippen LogP contribution in [-0.4, -0.2) is 27.5 Å². The van der Waals surface area contributed by atoms with Crippen LogP contribution in [0.3, 0.4) is 0 Å².